The Morgan fingerprint density at radius 1 is 1.57 bits per heavy atom. The topological polar surface area (TPSA) is 81.3 Å². The zero-order chi connectivity index (χ0) is 10.7. The van der Waals surface area contributed by atoms with E-state index in [1.54, 1.807) is 6.07 Å². The Morgan fingerprint density at radius 2 is 2.21 bits per heavy atom. The molecule has 5 heteroatoms. The highest BCUT2D eigenvalue weighted by Gasteiger charge is 2.13. The lowest BCUT2D eigenvalue weighted by Gasteiger charge is -2.04. The van der Waals surface area contributed by atoms with Crippen molar-refractivity contribution in [2.24, 2.45) is 0 Å². The monoisotopic (exact) mass is 255 g/mol. The van der Waals surface area contributed by atoms with Crippen molar-refractivity contribution >= 4 is 21.9 Å². The number of halogens is 1. The zero-order valence-electron chi connectivity index (χ0n) is 6.99. The molecule has 2 N–H and O–H groups in total. The van der Waals surface area contributed by atoms with Crippen LogP contribution < -0.4 is 0 Å². The number of nitrogens with zero attached hydrogens (tertiary/aromatic N) is 1. The number of nitriles is 1. The van der Waals surface area contributed by atoms with Crippen LogP contribution in [0.5, 0.6) is 5.75 Å². The van der Waals surface area contributed by atoms with E-state index in [2.05, 4.69) is 15.9 Å². The minimum Gasteiger partial charge on any atom is -0.507 e. The molecule has 0 aliphatic carbocycles. The first kappa shape index (κ1) is 10.5. The number of alkyl halides is 1. The third kappa shape index (κ3) is 1.86. The van der Waals surface area contributed by atoms with E-state index < -0.39 is 5.97 Å². The van der Waals surface area contributed by atoms with E-state index in [1.807, 2.05) is 0 Å². The van der Waals surface area contributed by atoms with Gasteiger partial charge in [-0.25, -0.2) is 4.79 Å². The number of carbonyl (C=O) groups is 1. The second kappa shape index (κ2) is 4.11. The fourth-order valence-electron chi connectivity index (χ4n) is 1.03. The van der Waals surface area contributed by atoms with Crippen LogP contribution in [0.2, 0.25) is 0 Å². The smallest absolute Gasteiger partial charge is 0.336 e. The summed E-state index contributed by atoms with van der Waals surface area (Å²) in [6.07, 6.45) is 0. The molecule has 0 fully saturated rings. The fourth-order valence-corrected chi connectivity index (χ4v) is 1.49. The van der Waals surface area contributed by atoms with Gasteiger partial charge in [-0.05, 0) is 17.7 Å². The van der Waals surface area contributed by atoms with Gasteiger partial charge in [-0.15, -0.1) is 0 Å². The van der Waals surface area contributed by atoms with E-state index in [0.717, 1.165) is 6.07 Å². The zero-order valence-corrected chi connectivity index (χ0v) is 8.58. The number of phenolic OH excluding ortho intramolecular Hbond substituents is 1. The summed E-state index contributed by atoms with van der Waals surface area (Å²) in [6, 6.07) is 4.15. The van der Waals surface area contributed by atoms with Crippen LogP contribution in [0.3, 0.4) is 0 Å². The largest absolute Gasteiger partial charge is 0.507 e. The standard InChI is InChI=1S/C9H6BrNO3/c10-3-5-2-8(12)6(4-11)1-7(5)9(13)14/h1-2,12H,3H2,(H,13,14). The number of hydrogen-bond acceptors (Lipinski definition) is 3. The molecule has 0 saturated heterocycles. The highest BCUT2D eigenvalue weighted by Crippen LogP contribution is 2.23. The van der Waals surface area contributed by atoms with Crippen LogP contribution in [0.1, 0.15) is 21.5 Å². The third-order valence-corrected chi connectivity index (χ3v) is 2.32. The van der Waals surface area contributed by atoms with Crippen molar-refractivity contribution < 1.29 is 15.0 Å². The molecule has 0 spiro atoms. The van der Waals surface area contributed by atoms with Crippen molar-refractivity contribution in [1.82, 2.24) is 0 Å². The van der Waals surface area contributed by atoms with Gasteiger partial charge in [-0.3, -0.25) is 0 Å². The molecule has 0 amide bonds. The number of carboxylic acids is 1. The number of benzene rings is 1. The van der Waals surface area contributed by atoms with Gasteiger partial charge in [0.1, 0.15) is 11.8 Å². The van der Waals surface area contributed by atoms with Crippen LogP contribution >= 0.6 is 15.9 Å². The molecular weight excluding hydrogens is 250 g/mol. The maximum Gasteiger partial charge on any atom is 0.336 e. The van der Waals surface area contributed by atoms with Gasteiger partial charge in [-0.1, -0.05) is 15.9 Å². The van der Waals surface area contributed by atoms with E-state index in [1.165, 1.54) is 6.07 Å². The van der Waals surface area contributed by atoms with Crippen molar-refractivity contribution in [3.8, 4) is 11.8 Å². The van der Waals surface area contributed by atoms with E-state index in [4.69, 9.17) is 10.4 Å². The average Bonchev–Trinajstić information content (AvgIpc) is 2.16. The number of aromatic hydroxyl groups is 1. The highest BCUT2D eigenvalue weighted by atomic mass is 79.9. The number of rotatable bonds is 2. The maximum absolute atomic E-state index is 10.7. The first-order chi connectivity index (χ1) is 6.60. The van der Waals surface area contributed by atoms with Crippen molar-refractivity contribution in [1.29, 1.82) is 5.26 Å². The van der Waals surface area contributed by atoms with Gasteiger partial charge in [0.05, 0.1) is 11.1 Å². The molecule has 0 radical (unpaired) electrons. The number of phenols is 1. The SMILES string of the molecule is N#Cc1cc(C(=O)O)c(CBr)cc1O. The average molecular weight is 256 g/mol. The summed E-state index contributed by atoms with van der Waals surface area (Å²) in [6.45, 7) is 0. The molecule has 14 heavy (non-hydrogen) atoms. The van der Waals surface area contributed by atoms with Gasteiger partial charge in [0.25, 0.3) is 0 Å². The number of carboxylic acid groups (broad SMARTS) is 1. The van der Waals surface area contributed by atoms with E-state index >= 15 is 0 Å². The predicted molar refractivity (Wildman–Crippen MR) is 52.4 cm³/mol. The first-order valence-electron chi connectivity index (χ1n) is 3.65. The second-order valence-corrected chi connectivity index (χ2v) is 3.14. The quantitative estimate of drug-likeness (QED) is 0.791. The number of aromatic carboxylic acids is 1. The summed E-state index contributed by atoms with van der Waals surface area (Å²) in [5, 5.41) is 27.0. The van der Waals surface area contributed by atoms with Gasteiger partial charge < -0.3 is 10.2 Å². The highest BCUT2D eigenvalue weighted by molar-refractivity contribution is 9.08. The predicted octanol–water partition coefficient (Wildman–Crippen LogP) is 1.86. The third-order valence-electron chi connectivity index (χ3n) is 1.72. The van der Waals surface area contributed by atoms with E-state index in [0.29, 0.717) is 10.9 Å². The van der Waals surface area contributed by atoms with Crippen molar-refractivity contribution in [3.63, 3.8) is 0 Å². The molecule has 0 heterocycles. The molecule has 4 nitrogen and oxygen atoms in total. The molecule has 1 rings (SSSR count). The lowest BCUT2D eigenvalue weighted by Crippen LogP contribution is -2.01. The normalized spacial score (nSPS) is 9.43. The maximum atomic E-state index is 10.7. The second-order valence-electron chi connectivity index (χ2n) is 2.58. The molecule has 72 valence electrons. The Kier molecular flexibility index (Phi) is 3.10. The molecule has 0 atom stereocenters. The van der Waals surface area contributed by atoms with Crippen LogP contribution in [0.25, 0.3) is 0 Å². The Bertz CT molecular complexity index is 423. The lowest BCUT2D eigenvalue weighted by atomic mass is 10.0. The minimum atomic E-state index is -1.11. The summed E-state index contributed by atoms with van der Waals surface area (Å²) < 4.78 is 0. The van der Waals surface area contributed by atoms with E-state index in [9.17, 15) is 9.90 Å². The summed E-state index contributed by atoms with van der Waals surface area (Å²) in [5.41, 5.74) is 0.428. The molecule has 0 aliphatic rings. The summed E-state index contributed by atoms with van der Waals surface area (Å²) in [7, 11) is 0. The molecule has 0 saturated carbocycles. The van der Waals surface area contributed by atoms with Crippen molar-refractivity contribution in [2.45, 2.75) is 5.33 Å². The Balaban J connectivity index is 3.42. The van der Waals surface area contributed by atoms with Crippen LogP contribution in [0, 0.1) is 11.3 Å². The molecule has 0 unspecified atom stereocenters. The summed E-state index contributed by atoms with van der Waals surface area (Å²) in [5.74, 6) is -1.32. The van der Waals surface area contributed by atoms with Gasteiger partial charge in [0.2, 0.25) is 0 Å². The van der Waals surface area contributed by atoms with Gasteiger partial charge >= 0.3 is 5.97 Å². The van der Waals surface area contributed by atoms with Gasteiger partial charge in [0.15, 0.2) is 0 Å². The molecule has 1 aromatic carbocycles. The van der Waals surface area contributed by atoms with Crippen LogP contribution in [-0.4, -0.2) is 16.2 Å². The summed E-state index contributed by atoms with van der Waals surface area (Å²) >= 11 is 3.10. The van der Waals surface area contributed by atoms with E-state index in [-0.39, 0.29) is 16.9 Å². The Hall–Kier alpha value is -1.54. The van der Waals surface area contributed by atoms with Gasteiger partial charge in [-0.2, -0.15) is 5.26 Å². The molecule has 0 aromatic heterocycles. The van der Waals surface area contributed by atoms with Crippen LogP contribution in [-0.2, 0) is 5.33 Å². The molecular formula is C9H6BrNO3. The van der Waals surface area contributed by atoms with Crippen LogP contribution in [0.4, 0.5) is 0 Å². The first-order valence-corrected chi connectivity index (χ1v) is 4.77. The molecule has 1 aromatic rings. The van der Waals surface area contributed by atoms with Gasteiger partial charge in [0, 0.05) is 5.33 Å². The Labute approximate surface area is 88.5 Å². The fraction of sp³-hybridized carbons (Fsp3) is 0.111. The summed E-state index contributed by atoms with van der Waals surface area (Å²) in [4.78, 5) is 10.7. The molecule has 0 aliphatic heterocycles. The lowest BCUT2D eigenvalue weighted by molar-refractivity contribution is 0.0696. The molecule has 0 bridgehead atoms. The minimum absolute atomic E-state index is 0.0243. The van der Waals surface area contributed by atoms with Crippen LogP contribution in [0.15, 0.2) is 12.1 Å². The van der Waals surface area contributed by atoms with Crippen molar-refractivity contribution in [2.75, 3.05) is 0 Å². The van der Waals surface area contributed by atoms with Crippen molar-refractivity contribution in [3.05, 3.63) is 28.8 Å². The number of hydrogen-bond donors (Lipinski definition) is 2. The Morgan fingerprint density at radius 3 is 2.64 bits per heavy atom.